The number of fused-ring (bicyclic) bond motifs is 7. The fourth-order valence-corrected chi connectivity index (χ4v) is 8.25. The van der Waals surface area contributed by atoms with E-state index in [1.165, 1.54) is 10.8 Å². The van der Waals surface area contributed by atoms with Crippen LogP contribution in [-0.2, 0) is 0 Å². The van der Waals surface area contributed by atoms with Gasteiger partial charge in [0.2, 0.25) is 0 Å². The second kappa shape index (κ2) is 12.6. The van der Waals surface area contributed by atoms with Gasteiger partial charge >= 0.3 is 0 Å². The van der Waals surface area contributed by atoms with Crippen LogP contribution in [-0.4, -0.2) is 0 Å². The number of para-hydroxylation sites is 5. The van der Waals surface area contributed by atoms with Gasteiger partial charge in [-0.2, -0.15) is 0 Å². The largest absolute Gasteiger partial charge is 0.456 e. The van der Waals surface area contributed by atoms with Gasteiger partial charge in [-0.05, 0) is 82.1 Å². The third-order valence-corrected chi connectivity index (χ3v) is 10.9. The molecule has 11 rings (SSSR count). The van der Waals surface area contributed by atoms with Crippen LogP contribution in [0.4, 0.5) is 17.1 Å². The molecule has 2 heterocycles. The third-order valence-electron chi connectivity index (χ3n) is 10.9. The third kappa shape index (κ3) is 5.20. The molecule has 0 N–H and O–H groups in total. The maximum absolute atomic E-state index is 6.45. The van der Waals surface area contributed by atoms with Crippen molar-refractivity contribution >= 4 is 71.7 Å². The van der Waals surface area contributed by atoms with Crippen molar-refractivity contribution in [3.63, 3.8) is 0 Å². The van der Waals surface area contributed by atoms with Gasteiger partial charge in [-0.25, -0.2) is 0 Å². The molecule has 0 unspecified atom stereocenters. The predicted molar refractivity (Wildman–Crippen MR) is 229 cm³/mol. The summed E-state index contributed by atoms with van der Waals surface area (Å²) in [7, 11) is 0. The zero-order chi connectivity index (χ0) is 36.3. The van der Waals surface area contributed by atoms with E-state index in [4.69, 9.17) is 8.83 Å². The summed E-state index contributed by atoms with van der Waals surface area (Å²) in [6.45, 7) is 0. The minimum absolute atomic E-state index is 0.876. The van der Waals surface area contributed by atoms with Gasteiger partial charge in [0.05, 0.1) is 11.4 Å². The Morgan fingerprint density at radius 3 is 1.60 bits per heavy atom. The first-order valence-electron chi connectivity index (χ1n) is 18.7. The maximum Gasteiger partial charge on any atom is 0.143 e. The monoisotopic (exact) mass is 703 g/mol. The Hall–Kier alpha value is -7.36. The van der Waals surface area contributed by atoms with Gasteiger partial charge < -0.3 is 13.7 Å². The number of benzene rings is 9. The zero-order valence-electron chi connectivity index (χ0n) is 29.8. The van der Waals surface area contributed by atoms with Crippen molar-refractivity contribution in [2.75, 3.05) is 4.90 Å². The summed E-state index contributed by atoms with van der Waals surface area (Å²) < 4.78 is 12.8. The van der Waals surface area contributed by atoms with Gasteiger partial charge in [0.25, 0.3) is 0 Å². The molecule has 0 radical (unpaired) electrons. The highest BCUT2D eigenvalue weighted by Gasteiger charge is 2.22. The molecule has 0 bridgehead atoms. The van der Waals surface area contributed by atoms with Crippen molar-refractivity contribution in [1.29, 1.82) is 0 Å². The molecular weight excluding hydrogens is 671 g/mol. The van der Waals surface area contributed by atoms with Crippen molar-refractivity contribution in [2.24, 2.45) is 0 Å². The van der Waals surface area contributed by atoms with Crippen molar-refractivity contribution in [1.82, 2.24) is 0 Å². The topological polar surface area (TPSA) is 29.5 Å². The van der Waals surface area contributed by atoms with Gasteiger partial charge in [-0.15, -0.1) is 0 Å². The molecule has 0 amide bonds. The molecule has 0 fully saturated rings. The summed E-state index contributed by atoms with van der Waals surface area (Å²) in [6, 6.07) is 71.1. The minimum Gasteiger partial charge on any atom is -0.456 e. The fourth-order valence-electron chi connectivity index (χ4n) is 8.25. The second-order valence-corrected chi connectivity index (χ2v) is 14.1. The molecule has 2 aromatic heterocycles. The Bertz CT molecular complexity index is 3220. The van der Waals surface area contributed by atoms with E-state index >= 15 is 0 Å². The Morgan fingerprint density at radius 1 is 0.309 bits per heavy atom. The molecular formula is C52H33NO2. The van der Waals surface area contributed by atoms with Gasteiger partial charge in [-0.1, -0.05) is 146 Å². The molecule has 55 heavy (non-hydrogen) atoms. The number of hydrogen-bond donors (Lipinski definition) is 0. The van der Waals surface area contributed by atoms with Crippen molar-refractivity contribution in [3.8, 4) is 33.4 Å². The highest BCUT2D eigenvalue weighted by molar-refractivity contribution is 6.10. The average molecular weight is 704 g/mol. The molecule has 0 spiro atoms. The zero-order valence-corrected chi connectivity index (χ0v) is 29.8. The number of anilines is 3. The first-order valence-corrected chi connectivity index (χ1v) is 18.7. The SMILES string of the molecule is c1ccc(N(c2ccc(-c3cccc4c3oc3ccccc34)cc2)c2ccccc2-c2ccc3c(c2)oc2ccccc23)c(-c2ccc3ccccc3c2)c1. The van der Waals surface area contributed by atoms with Crippen LogP contribution in [0.15, 0.2) is 209 Å². The standard InChI is InChI=1S/C52H33NO2/c1-2-13-36-32-37(25-24-34(36)12-1)40-14-3-7-20-47(40)53(39-29-26-35(27-30-39)42-18-11-19-46-44-17-6-10-23-50(44)55-52(42)46)48-21-8-4-15-41(48)38-28-31-45-43-16-5-9-22-49(43)54-51(45)33-38/h1-33H. The highest BCUT2D eigenvalue weighted by atomic mass is 16.3. The average Bonchev–Trinajstić information content (AvgIpc) is 3.82. The molecule has 0 atom stereocenters. The molecule has 0 saturated heterocycles. The smallest absolute Gasteiger partial charge is 0.143 e. The van der Waals surface area contributed by atoms with Crippen molar-refractivity contribution in [2.45, 2.75) is 0 Å². The summed E-state index contributed by atoms with van der Waals surface area (Å²) in [6.07, 6.45) is 0. The molecule has 3 heteroatoms. The van der Waals surface area contributed by atoms with E-state index in [0.29, 0.717) is 0 Å². The molecule has 0 aliphatic heterocycles. The van der Waals surface area contributed by atoms with E-state index in [2.05, 4.69) is 181 Å². The second-order valence-electron chi connectivity index (χ2n) is 14.1. The first-order chi connectivity index (χ1) is 27.3. The van der Waals surface area contributed by atoms with Crippen LogP contribution in [0.2, 0.25) is 0 Å². The summed E-state index contributed by atoms with van der Waals surface area (Å²) in [4.78, 5) is 2.40. The Labute approximate surface area is 317 Å². The minimum atomic E-state index is 0.876. The number of furan rings is 2. The molecule has 3 nitrogen and oxygen atoms in total. The summed E-state index contributed by atoms with van der Waals surface area (Å²) in [5.74, 6) is 0. The van der Waals surface area contributed by atoms with E-state index in [0.717, 1.165) is 94.3 Å². The Kier molecular flexibility index (Phi) is 7.17. The van der Waals surface area contributed by atoms with Crippen LogP contribution < -0.4 is 4.90 Å². The molecule has 0 aliphatic rings. The first kappa shape index (κ1) is 31.2. The number of rotatable bonds is 6. The molecule has 0 saturated carbocycles. The van der Waals surface area contributed by atoms with Crippen LogP contribution >= 0.6 is 0 Å². The lowest BCUT2D eigenvalue weighted by molar-refractivity contribution is 0.669. The summed E-state index contributed by atoms with van der Waals surface area (Å²) >= 11 is 0. The molecule has 9 aromatic carbocycles. The fraction of sp³-hybridized carbons (Fsp3) is 0. The molecule has 258 valence electrons. The van der Waals surface area contributed by atoms with E-state index in [9.17, 15) is 0 Å². The Morgan fingerprint density at radius 2 is 0.836 bits per heavy atom. The van der Waals surface area contributed by atoms with Gasteiger partial charge in [0, 0.05) is 43.9 Å². The van der Waals surface area contributed by atoms with E-state index in [1.807, 2.05) is 24.3 Å². The highest BCUT2D eigenvalue weighted by Crippen LogP contribution is 2.46. The van der Waals surface area contributed by atoms with Gasteiger partial charge in [-0.3, -0.25) is 0 Å². The number of hydrogen-bond acceptors (Lipinski definition) is 3. The van der Waals surface area contributed by atoms with E-state index in [-0.39, 0.29) is 0 Å². The van der Waals surface area contributed by atoms with Crippen molar-refractivity contribution < 1.29 is 8.83 Å². The van der Waals surface area contributed by atoms with Gasteiger partial charge in [0.15, 0.2) is 0 Å². The van der Waals surface area contributed by atoms with Crippen LogP contribution in [0.3, 0.4) is 0 Å². The van der Waals surface area contributed by atoms with Crippen LogP contribution in [0.25, 0.3) is 88.0 Å². The molecule has 0 aliphatic carbocycles. The lowest BCUT2D eigenvalue weighted by Crippen LogP contribution is -2.12. The summed E-state index contributed by atoms with van der Waals surface area (Å²) in [5.41, 5.74) is 13.4. The normalized spacial score (nSPS) is 11.6. The predicted octanol–water partition coefficient (Wildman–Crippen LogP) is 15.1. The molecule has 11 aromatic rings. The summed E-state index contributed by atoms with van der Waals surface area (Å²) in [5, 5.41) is 6.93. The lowest BCUT2D eigenvalue weighted by atomic mass is 9.96. The van der Waals surface area contributed by atoms with Crippen LogP contribution in [0.1, 0.15) is 0 Å². The van der Waals surface area contributed by atoms with Crippen molar-refractivity contribution in [3.05, 3.63) is 200 Å². The Balaban J connectivity index is 1.10. The quantitative estimate of drug-likeness (QED) is 0.173. The van der Waals surface area contributed by atoms with Crippen LogP contribution in [0.5, 0.6) is 0 Å². The van der Waals surface area contributed by atoms with E-state index in [1.54, 1.807) is 0 Å². The maximum atomic E-state index is 6.45. The number of nitrogens with zero attached hydrogens (tertiary/aromatic N) is 1. The van der Waals surface area contributed by atoms with Gasteiger partial charge in [0.1, 0.15) is 22.3 Å². The van der Waals surface area contributed by atoms with E-state index < -0.39 is 0 Å². The van der Waals surface area contributed by atoms with Crippen LogP contribution in [0, 0.1) is 0 Å². The lowest BCUT2D eigenvalue weighted by Gasteiger charge is -2.30.